The van der Waals surface area contributed by atoms with Crippen LogP contribution in [0.2, 0.25) is 0 Å². The second kappa shape index (κ2) is 6.75. The Morgan fingerprint density at radius 2 is 2.00 bits per heavy atom. The molecule has 0 aliphatic carbocycles. The summed E-state index contributed by atoms with van der Waals surface area (Å²) in [5.74, 6) is 0.992. The van der Waals surface area contributed by atoms with Crippen LogP contribution in [0.25, 0.3) is 0 Å². The van der Waals surface area contributed by atoms with Gasteiger partial charge in [-0.1, -0.05) is 6.07 Å². The van der Waals surface area contributed by atoms with E-state index in [1.54, 1.807) is 19.7 Å². The fourth-order valence-corrected chi connectivity index (χ4v) is 1.55. The molecule has 0 radical (unpaired) electrons. The number of hydrogen-bond donors (Lipinski definition) is 2. The largest absolute Gasteiger partial charge is 0.493 e. The zero-order chi connectivity index (χ0) is 12.7. The predicted molar refractivity (Wildman–Crippen MR) is 62.4 cm³/mol. The Morgan fingerprint density at radius 1 is 1.29 bits per heavy atom. The van der Waals surface area contributed by atoms with Crippen LogP contribution in [0, 0.1) is 0 Å². The minimum absolute atomic E-state index is 0.296. The van der Waals surface area contributed by atoms with E-state index in [2.05, 4.69) is 0 Å². The van der Waals surface area contributed by atoms with Crippen LogP contribution in [0.15, 0.2) is 18.2 Å². The van der Waals surface area contributed by atoms with Crippen molar-refractivity contribution in [3.63, 3.8) is 0 Å². The number of rotatable bonds is 6. The van der Waals surface area contributed by atoms with Gasteiger partial charge < -0.3 is 9.47 Å². The number of carbonyl (C=O) groups excluding carboxylic acids is 1. The van der Waals surface area contributed by atoms with E-state index in [1.807, 2.05) is 18.2 Å². The fraction of sp³-hybridized carbons (Fsp3) is 0.417. The average molecular weight is 239 g/mol. The summed E-state index contributed by atoms with van der Waals surface area (Å²) in [6, 6.07) is 5.65. The Morgan fingerprint density at radius 3 is 2.59 bits per heavy atom. The molecule has 2 N–H and O–H groups in total. The van der Waals surface area contributed by atoms with E-state index in [9.17, 15) is 4.79 Å². The van der Waals surface area contributed by atoms with E-state index in [0.717, 1.165) is 12.0 Å². The van der Waals surface area contributed by atoms with Crippen molar-refractivity contribution in [2.75, 3.05) is 14.2 Å². The molecule has 0 heterocycles. The lowest BCUT2D eigenvalue weighted by molar-refractivity contribution is -0.129. The SMILES string of the molecule is COc1ccc(CCCC(=O)NO)cc1OC. The number of hydroxylamine groups is 1. The van der Waals surface area contributed by atoms with E-state index in [1.165, 1.54) is 0 Å². The fourth-order valence-electron chi connectivity index (χ4n) is 1.55. The van der Waals surface area contributed by atoms with Gasteiger partial charge in [0.25, 0.3) is 0 Å². The van der Waals surface area contributed by atoms with Gasteiger partial charge in [-0.15, -0.1) is 0 Å². The van der Waals surface area contributed by atoms with Crippen molar-refractivity contribution in [2.24, 2.45) is 0 Å². The third-order valence-electron chi connectivity index (χ3n) is 2.44. The highest BCUT2D eigenvalue weighted by Crippen LogP contribution is 2.27. The van der Waals surface area contributed by atoms with Crippen molar-refractivity contribution in [3.8, 4) is 11.5 Å². The van der Waals surface area contributed by atoms with Crippen molar-refractivity contribution < 1.29 is 19.5 Å². The van der Waals surface area contributed by atoms with Crippen molar-refractivity contribution in [1.82, 2.24) is 5.48 Å². The molecule has 0 saturated carbocycles. The summed E-state index contributed by atoms with van der Waals surface area (Å²) in [6.45, 7) is 0. The van der Waals surface area contributed by atoms with Gasteiger partial charge in [-0.3, -0.25) is 10.0 Å². The molecule has 1 rings (SSSR count). The molecule has 0 fully saturated rings. The molecule has 0 aliphatic heterocycles. The quantitative estimate of drug-likeness (QED) is 0.583. The van der Waals surface area contributed by atoms with Crippen LogP contribution in [0.4, 0.5) is 0 Å². The van der Waals surface area contributed by atoms with E-state index >= 15 is 0 Å². The van der Waals surface area contributed by atoms with Crippen LogP contribution in [0.1, 0.15) is 18.4 Å². The van der Waals surface area contributed by atoms with E-state index in [0.29, 0.717) is 24.3 Å². The summed E-state index contributed by atoms with van der Waals surface area (Å²) < 4.78 is 10.3. The van der Waals surface area contributed by atoms with Gasteiger partial charge >= 0.3 is 0 Å². The predicted octanol–water partition coefficient (Wildman–Crippen LogP) is 1.53. The first kappa shape index (κ1) is 13.3. The minimum atomic E-state index is -0.370. The van der Waals surface area contributed by atoms with E-state index in [-0.39, 0.29) is 5.91 Å². The normalized spacial score (nSPS) is 9.82. The lowest BCUT2D eigenvalue weighted by Crippen LogP contribution is -2.18. The second-order valence-corrected chi connectivity index (χ2v) is 3.58. The number of benzene rings is 1. The van der Waals surface area contributed by atoms with Gasteiger partial charge in [-0.2, -0.15) is 0 Å². The maximum atomic E-state index is 10.8. The Labute approximate surface area is 100 Å². The average Bonchev–Trinajstić information content (AvgIpc) is 2.38. The van der Waals surface area contributed by atoms with Crippen molar-refractivity contribution in [3.05, 3.63) is 23.8 Å². The van der Waals surface area contributed by atoms with Gasteiger partial charge in [0.05, 0.1) is 14.2 Å². The molecule has 1 aromatic rings. The van der Waals surface area contributed by atoms with Gasteiger partial charge in [0.15, 0.2) is 11.5 Å². The van der Waals surface area contributed by atoms with Crippen molar-refractivity contribution >= 4 is 5.91 Å². The number of hydrogen-bond acceptors (Lipinski definition) is 4. The second-order valence-electron chi connectivity index (χ2n) is 3.58. The highest BCUT2D eigenvalue weighted by atomic mass is 16.5. The molecule has 0 saturated heterocycles. The molecular weight excluding hydrogens is 222 g/mol. The first-order valence-corrected chi connectivity index (χ1v) is 5.35. The molecule has 0 bridgehead atoms. The van der Waals surface area contributed by atoms with Crippen LogP contribution in [-0.4, -0.2) is 25.3 Å². The van der Waals surface area contributed by atoms with Crippen LogP contribution in [0.5, 0.6) is 11.5 Å². The number of methoxy groups -OCH3 is 2. The zero-order valence-electron chi connectivity index (χ0n) is 10.0. The smallest absolute Gasteiger partial charge is 0.243 e. The summed E-state index contributed by atoms with van der Waals surface area (Å²) in [5.41, 5.74) is 2.67. The summed E-state index contributed by atoms with van der Waals surface area (Å²) in [7, 11) is 3.17. The first-order valence-electron chi connectivity index (χ1n) is 5.35. The lowest BCUT2D eigenvalue weighted by atomic mass is 10.1. The minimum Gasteiger partial charge on any atom is -0.493 e. The molecule has 0 atom stereocenters. The Bertz CT molecular complexity index is 379. The number of nitrogens with one attached hydrogen (secondary N) is 1. The van der Waals surface area contributed by atoms with Crippen LogP contribution in [-0.2, 0) is 11.2 Å². The molecule has 0 aliphatic rings. The molecule has 1 aromatic carbocycles. The topological polar surface area (TPSA) is 67.8 Å². The van der Waals surface area contributed by atoms with Gasteiger partial charge in [0, 0.05) is 6.42 Å². The summed E-state index contributed by atoms with van der Waals surface area (Å²) in [5, 5.41) is 8.35. The summed E-state index contributed by atoms with van der Waals surface area (Å²) in [4.78, 5) is 10.8. The third kappa shape index (κ3) is 3.96. The Hall–Kier alpha value is -1.75. The highest BCUT2D eigenvalue weighted by Gasteiger charge is 2.05. The third-order valence-corrected chi connectivity index (χ3v) is 2.44. The molecule has 0 unspecified atom stereocenters. The maximum Gasteiger partial charge on any atom is 0.243 e. The lowest BCUT2D eigenvalue weighted by Gasteiger charge is -2.09. The molecule has 5 nitrogen and oxygen atoms in total. The van der Waals surface area contributed by atoms with Crippen LogP contribution < -0.4 is 15.0 Å². The summed E-state index contributed by atoms with van der Waals surface area (Å²) >= 11 is 0. The highest BCUT2D eigenvalue weighted by molar-refractivity contribution is 5.74. The Kier molecular flexibility index (Phi) is 5.29. The number of carbonyl (C=O) groups is 1. The molecule has 17 heavy (non-hydrogen) atoms. The number of amides is 1. The zero-order valence-corrected chi connectivity index (χ0v) is 10.0. The molecule has 5 heteroatoms. The standard InChI is InChI=1S/C12H17NO4/c1-16-10-7-6-9(8-11(10)17-2)4-3-5-12(14)13-15/h6-8,15H,3-5H2,1-2H3,(H,13,14). The van der Waals surface area contributed by atoms with Crippen molar-refractivity contribution in [1.29, 1.82) is 0 Å². The number of ether oxygens (including phenoxy) is 2. The number of aryl methyl sites for hydroxylation is 1. The van der Waals surface area contributed by atoms with Gasteiger partial charge in [0.1, 0.15) is 0 Å². The van der Waals surface area contributed by atoms with Crippen LogP contribution >= 0.6 is 0 Å². The maximum absolute atomic E-state index is 10.8. The van der Waals surface area contributed by atoms with Crippen LogP contribution in [0.3, 0.4) is 0 Å². The van der Waals surface area contributed by atoms with Gasteiger partial charge in [0.2, 0.25) is 5.91 Å². The first-order chi connectivity index (χ1) is 8.21. The molecular formula is C12H17NO4. The van der Waals surface area contributed by atoms with E-state index < -0.39 is 0 Å². The molecule has 1 amide bonds. The molecule has 0 spiro atoms. The molecule has 94 valence electrons. The molecule has 0 aromatic heterocycles. The Balaban J connectivity index is 2.57. The van der Waals surface area contributed by atoms with Gasteiger partial charge in [-0.25, -0.2) is 5.48 Å². The van der Waals surface area contributed by atoms with Crippen molar-refractivity contribution in [2.45, 2.75) is 19.3 Å². The van der Waals surface area contributed by atoms with Gasteiger partial charge in [-0.05, 0) is 30.5 Å². The van der Waals surface area contributed by atoms with E-state index in [4.69, 9.17) is 14.7 Å². The monoisotopic (exact) mass is 239 g/mol. The summed E-state index contributed by atoms with van der Waals surface area (Å²) in [6.07, 6.45) is 1.71.